The second kappa shape index (κ2) is 7.48. The maximum atomic E-state index is 12.3. The van der Waals surface area contributed by atoms with Gasteiger partial charge in [-0.25, -0.2) is 8.42 Å². The predicted octanol–water partition coefficient (Wildman–Crippen LogP) is 3.88. The summed E-state index contributed by atoms with van der Waals surface area (Å²) < 4.78 is 27.1. The summed E-state index contributed by atoms with van der Waals surface area (Å²) in [4.78, 5) is 11.6. The van der Waals surface area contributed by atoms with Gasteiger partial charge in [-0.05, 0) is 55.0 Å². The highest BCUT2D eigenvalue weighted by molar-refractivity contribution is 7.92. The fourth-order valence-electron chi connectivity index (χ4n) is 1.90. The topological polar surface area (TPSA) is 75.3 Å². The molecule has 0 aliphatic carbocycles. The highest BCUT2D eigenvalue weighted by Gasteiger charge is 2.14. The Kier molecular flexibility index (Phi) is 5.63. The van der Waals surface area contributed by atoms with Crippen LogP contribution < -0.4 is 10.0 Å². The number of halogens is 1. The molecule has 1 amide bonds. The van der Waals surface area contributed by atoms with Gasteiger partial charge in [0.1, 0.15) is 0 Å². The van der Waals surface area contributed by atoms with Crippen molar-refractivity contribution < 1.29 is 13.2 Å². The zero-order valence-corrected chi connectivity index (χ0v) is 14.1. The highest BCUT2D eigenvalue weighted by atomic mass is 35.5. The maximum absolute atomic E-state index is 12.3. The fourth-order valence-corrected chi connectivity index (χ4v) is 3.08. The molecule has 0 spiro atoms. The molecule has 0 saturated heterocycles. The summed E-state index contributed by atoms with van der Waals surface area (Å²) in [6.07, 6.45) is 1.18. The summed E-state index contributed by atoms with van der Waals surface area (Å²) in [5.74, 6) is -0.0950. The molecule has 0 fully saturated rings. The third-order valence-electron chi connectivity index (χ3n) is 3.02. The van der Waals surface area contributed by atoms with E-state index in [4.69, 9.17) is 11.6 Å². The van der Waals surface area contributed by atoms with E-state index in [0.717, 1.165) is 6.42 Å². The van der Waals surface area contributed by atoms with Crippen molar-refractivity contribution in [2.24, 2.45) is 0 Å². The van der Waals surface area contributed by atoms with Gasteiger partial charge in [0.25, 0.3) is 10.0 Å². The number of nitrogens with one attached hydrogen (secondary N) is 2. The summed E-state index contributed by atoms with van der Waals surface area (Å²) in [5.41, 5.74) is 0.989. The summed E-state index contributed by atoms with van der Waals surface area (Å²) >= 11 is 5.77. The van der Waals surface area contributed by atoms with Crippen LogP contribution in [0.5, 0.6) is 0 Å². The monoisotopic (exact) mass is 352 g/mol. The summed E-state index contributed by atoms with van der Waals surface area (Å²) in [6.45, 7) is 1.91. The van der Waals surface area contributed by atoms with Crippen LogP contribution in [0.3, 0.4) is 0 Å². The van der Waals surface area contributed by atoms with Gasteiger partial charge in [-0.2, -0.15) is 0 Å². The van der Waals surface area contributed by atoms with E-state index in [1.54, 1.807) is 36.4 Å². The van der Waals surface area contributed by atoms with Crippen molar-refractivity contribution >= 4 is 38.9 Å². The lowest BCUT2D eigenvalue weighted by molar-refractivity contribution is -0.116. The third-order valence-corrected chi connectivity index (χ3v) is 4.67. The summed E-state index contributed by atoms with van der Waals surface area (Å²) in [5, 5.41) is 3.24. The molecule has 0 heterocycles. The average Bonchev–Trinajstić information content (AvgIpc) is 2.50. The number of rotatable bonds is 6. The van der Waals surface area contributed by atoms with Crippen molar-refractivity contribution in [1.29, 1.82) is 0 Å². The molecule has 0 atom stereocenters. The van der Waals surface area contributed by atoms with Gasteiger partial charge in [0.2, 0.25) is 5.91 Å². The molecule has 0 aliphatic rings. The largest absolute Gasteiger partial charge is 0.326 e. The molecule has 0 bridgehead atoms. The van der Waals surface area contributed by atoms with Gasteiger partial charge in [0.15, 0.2) is 0 Å². The van der Waals surface area contributed by atoms with Crippen molar-refractivity contribution in [2.45, 2.75) is 24.7 Å². The minimum Gasteiger partial charge on any atom is -0.326 e. The molecule has 122 valence electrons. The minimum atomic E-state index is -3.69. The molecule has 2 aromatic carbocycles. The number of carbonyl (C=O) groups excluding carboxylic acids is 1. The lowest BCUT2D eigenvalue weighted by Gasteiger charge is -2.09. The molecule has 0 unspecified atom stereocenters. The first-order valence-electron chi connectivity index (χ1n) is 7.09. The molecule has 0 saturated carbocycles. The molecular weight excluding hydrogens is 336 g/mol. The average molecular weight is 353 g/mol. The SMILES string of the molecule is CCCC(=O)Nc1ccc(S(=O)(=O)Nc2ccc(Cl)cc2)cc1. The van der Waals surface area contributed by atoms with Crippen LogP contribution in [0.1, 0.15) is 19.8 Å². The number of amides is 1. The Morgan fingerprint density at radius 1 is 1.00 bits per heavy atom. The Balaban J connectivity index is 2.11. The lowest BCUT2D eigenvalue weighted by Crippen LogP contribution is -2.13. The van der Waals surface area contributed by atoms with Crippen LogP contribution in [0.2, 0.25) is 5.02 Å². The number of benzene rings is 2. The van der Waals surface area contributed by atoms with Gasteiger partial charge >= 0.3 is 0 Å². The number of hydrogen-bond acceptors (Lipinski definition) is 3. The number of sulfonamides is 1. The second-order valence-electron chi connectivity index (χ2n) is 4.93. The molecule has 0 radical (unpaired) electrons. The van der Waals surface area contributed by atoms with E-state index in [0.29, 0.717) is 22.8 Å². The Morgan fingerprint density at radius 2 is 1.57 bits per heavy atom. The summed E-state index contributed by atoms with van der Waals surface area (Å²) in [7, 11) is -3.69. The lowest BCUT2D eigenvalue weighted by atomic mass is 10.3. The smallest absolute Gasteiger partial charge is 0.261 e. The molecule has 23 heavy (non-hydrogen) atoms. The highest BCUT2D eigenvalue weighted by Crippen LogP contribution is 2.20. The van der Waals surface area contributed by atoms with Gasteiger partial charge in [-0.15, -0.1) is 0 Å². The third kappa shape index (κ3) is 4.97. The molecule has 0 aromatic heterocycles. The van der Waals surface area contributed by atoms with E-state index in [-0.39, 0.29) is 10.8 Å². The second-order valence-corrected chi connectivity index (χ2v) is 7.05. The van der Waals surface area contributed by atoms with Crippen LogP contribution in [0.4, 0.5) is 11.4 Å². The normalized spacial score (nSPS) is 11.0. The van der Waals surface area contributed by atoms with E-state index in [1.807, 2.05) is 6.92 Å². The Hall–Kier alpha value is -2.05. The van der Waals surface area contributed by atoms with Crippen molar-refractivity contribution in [1.82, 2.24) is 0 Å². The van der Waals surface area contributed by atoms with E-state index < -0.39 is 10.0 Å². The molecule has 7 heteroatoms. The van der Waals surface area contributed by atoms with Gasteiger partial charge in [-0.1, -0.05) is 18.5 Å². The van der Waals surface area contributed by atoms with Gasteiger partial charge in [0, 0.05) is 22.8 Å². The van der Waals surface area contributed by atoms with Crippen molar-refractivity contribution in [3.8, 4) is 0 Å². The van der Waals surface area contributed by atoms with Gasteiger partial charge in [0.05, 0.1) is 4.90 Å². The predicted molar refractivity (Wildman–Crippen MR) is 92.2 cm³/mol. The Labute approximate surface area is 140 Å². The van der Waals surface area contributed by atoms with Gasteiger partial charge in [-0.3, -0.25) is 9.52 Å². The Morgan fingerprint density at radius 3 is 2.13 bits per heavy atom. The van der Waals surface area contributed by atoms with Crippen molar-refractivity contribution in [3.63, 3.8) is 0 Å². The first kappa shape index (κ1) is 17.3. The molecule has 2 rings (SSSR count). The first-order valence-corrected chi connectivity index (χ1v) is 8.95. The van der Waals surface area contributed by atoms with Crippen LogP contribution in [0.25, 0.3) is 0 Å². The zero-order chi connectivity index (χ0) is 16.9. The van der Waals surface area contributed by atoms with E-state index >= 15 is 0 Å². The summed E-state index contributed by atoms with van der Waals surface area (Å²) in [6, 6.07) is 12.4. The number of carbonyl (C=O) groups is 1. The minimum absolute atomic E-state index is 0.0950. The number of anilines is 2. The zero-order valence-electron chi connectivity index (χ0n) is 12.5. The Bertz CT molecular complexity index is 772. The molecule has 5 nitrogen and oxygen atoms in total. The van der Waals surface area contributed by atoms with Crippen molar-refractivity contribution in [3.05, 3.63) is 53.6 Å². The van der Waals surface area contributed by atoms with Crippen LogP contribution in [-0.4, -0.2) is 14.3 Å². The maximum Gasteiger partial charge on any atom is 0.261 e. The number of hydrogen-bond donors (Lipinski definition) is 2. The van der Waals surface area contributed by atoms with Crippen LogP contribution in [0.15, 0.2) is 53.4 Å². The molecule has 2 N–H and O–H groups in total. The van der Waals surface area contributed by atoms with Crippen LogP contribution >= 0.6 is 11.6 Å². The van der Waals surface area contributed by atoms with E-state index in [2.05, 4.69) is 10.0 Å². The molecule has 0 aliphatic heterocycles. The fraction of sp³-hybridized carbons (Fsp3) is 0.188. The quantitative estimate of drug-likeness (QED) is 0.828. The first-order chi connectivity index (χ1) is 10.9. The molecular formula is C16H17ClN2O3S. The van der Waals surface area contributed by atoms with Crippen LogP contribution in [0, 0.1) is 0 Å². The van der Waals surface area contributed by atoms with Crippen LogP contribution in [-0.2, 0) is 14.8 Å². The standard InChI is InChI=1S/C16H17ClN2O3S/c1-2-3-16(20)18-13-8-10-15(11-9-13)23(21,22)19-14-6-4-12(17)5-7-14/h4-11,19H,2-3H2,1H3,(H,18,20). The van der Waals surface area contributed by atoms with E-state index in [1.165, 1.54) is 12.1 Å². The van der Waals surface area contributed by atoms with Gasteiger partial charge < -0.3 is 5.32 Å². The molecule has 2 aromatic rings. The van der Waals surface area contributed by atoms with E-state index in [9.17, 15) is 13.2 Å². The van der Waals surface area contributed by atoms with Crippen molar-refractivity contribution in [2.75, 3.05) is 10.0 Å².